The number of hydrogen-bond acceptors (Lipinski definition) is 6. The number of rotatable bonds is 6. The van der Waals surface area contributed by atoms with Gasteiger partial charge in [-0.2, -0.15) is 0 Å². The highest BCUT2D eigenvalue weighted by atomic mass is 16.5. The molecule has 1 N–H and O–H groups in total. The van der Waals surface area contributed by atoms with Crippen molar-refractivity contribution >= 4 is 29.0 Å². The summed E-state index contributed by atoms with van der Waals surface area (Å²) in [7, 11) is 0. The Labute approximate surface area is 182 Å². The molecule has 2 aliphatic heterocycles. The molecule has 0 radical (unpaired) electrons. The number of fused-ring (bicyclic) bond motifs is 2. The van der Waals surface area contributed by atoms with Gasteiger partial charge in [-0.05, 0) is 37.4 Å². The molecule has 1 aromatic heterocycles. The first-order valence-corrected chi connectivity index (χ1v) is 10.8. The number of hydrogen-bond donors (Lipinski definition) is 1. The molecule has 3 heterocycles. The van der Waals surface area contributed by atoms with E-state index >= 15 is 0 Å². The second-order valence-electron chi connectivity index (χ2n) is 7.76. The van der Waals surface area contributed by atoms with Crippen molar-refractivity contribution in [1.29, 1.82) is 0 Å². The SMILES string of the molecule is CCN(CC)CC1COCCN1CC(=O)N1c2ccccc2C(=O)Nc2cccnc21. The van der Waals surface area contributed by atoms with Crippen LogP contribution in [0.15, 0.2) is 42.6 Å². The van der Waals surface area contributed by atoms with Gasteiger partial charge in [0.25, 0.3) is 5.91 Å². The van der Waals surface area contributed by atoms with Gasteiger partial charge in [0.2, 0.25) is 5.91 Å². The number of amides is 2. The summed E-state index contributed by atoms with van der Waals surface area (Å²) in [6, 6.07) is 10.8. The van der Waals surface area contributed by atoms with Crippen molar-refractivity contribution in [2.45, 2.75) is 19.9 Å². The predicted octanol–water partition coefficient (Wildman–Crippen LogP) is 2.35. The molecule has 4 rings (SSSR count). The van der Waals surface area contributed by atoms with E-state index in [1.807, 2.05) is 6.07 Å². The standard InChI is InChI=1S/C23H29N5O3/c1-3-26(4-2)14-17-16-31-13-12-27(17)15-21(29)28-20-10-6-5-8-18(20)23(30)25-19-9-7-11-24-22(19)28/h5-11,17H,3-4,12-16H2,1-2H3,(H,25,30). The third kappa shape index (κ3) is 4.46. The van der Waals surface area contributed by atoms with Gasteiger partial charge in [-0.1, -0.05) is 26.0 Å². The number of nitrogens with zero attached hydrogens (tertiary/aromatic N) is 4. The number of ether oxygens (including phenoxy) is 1. The van der Waals surface area contributed by atoms with Crippen LogP contribution in [0.2, 0.25) is 0 Å². The van der Waals surface area contributed by atoms with Crippen molar-refractivity contribution < 1.29 is 14.3 Å². The number of anilines is 3. The Hall–Kier alpha value is -2.81. The second-order valence-corrected chi connectivity index (χ2v) is 7.76. The van der Waals surface area contributed by atoms with Crippen molar-refractivity contribution in [3.8, 4) is 0 Å². The molecule has 164 valence electrons. The van der Waals surface area contributed by atoms with Gasteiger partial charge < -0.3 is 15.0 Å². The molecule has 1 fully saturated rings. The van der Waals surface area contributed by atoms with E-state index in [9.17, 15) is 9.59 Å². The summed E-state index contributed by atoms with van der Waals surface area (Å²) >= 11 is 0. The molecule has 1 saturated heterocycles. The number of aromatic nitrogens is 1. The molecular formula is C23H29N5O3. The van der Waals surface area contributed by atoms with Crippen molar-refractivity contribution in [1.82, 2.24) is 14.8 Å². The lowest BCUT2D eigenvalue weighted by Gasteiger charge is -2.38. The largest absolute Gasteiger partial charge is 0.378 e. The van der Waals surface area contributed by atoms with Crippen LogP contribution < -0.4 is 10.2 Å². The third-order valence-corrected chi connectivity index (χ3v) is 5.94. The van der Waals surface area contributed by atoms with Gasteiger partial charge in [0, 0.05) is 25.3 Å². The Morgan fingerprint density at radius 1 is 1.23 bits per heavy atom. The number of benzene rings is 1. The molecule has 1 aromatic carbocycles. The van der Waals surface area contributed by atoms with Crippen LogP contribution >= 0.6 is 0 Å². The molecule has 8 heteroatoms. The van der Waals surface area contributed by atoms with Crippen LogP contribution in [0.4, 0.5) is 17.2 Å². The first kappa shape index (κ1) is 21.4. The fourth-order valence-electron chi connectivity index (χ4n) is 4.18. The second kappa shape index (κ2) is 9.55. The molecule has 8 nitrogen and oxygen atoms in total. The van der Waals surface area contributed by atoms with E-state index in [1.54, 1.807) is 41.4 Å². The van der Waals surface area contributed by atoms with E-state index in [0.29, 0.717) is 42.5 Å². The Morgan fingerprint density at radius 3 is 2.84 bits per heavy atom. The highest BCUT2D eigenvalue weighted by Crippen LogP contribution is 2.36. The zero-order chi connectivity index (χ0) is 21.8. The Bertz CT molecular complexity index is 946. The summed E-state index contributed by atoms with van der Waals surface area (Å²) in [6.07, 6.45) is 1.64. The van der Waals surface area contributed by atoms with Crippen molar-refractivity contribution in [2.24, 2.45) is 0 Å². The fourth-order valence-corrected chi connectivity index (χ4v) is 4.18. The average Bonchev–Trinajstić information content (AvgIpc) is 2.92. The van der Waals surface area contributed by atoms with Gasteiger partial charge in [-0.15, -0.1) is 0 Å². The van der Waals surface area contributed by atoms with Gasteiger partial charge in [0.15, 0.2) is 5.82 Å². The van der Waals surface area contributed by atoms with Gasteiger partial charge in [0.1, 0.15) is 0 Å². The van der Waals surface area contributed by atoms with Crippen LogP contribution in [0, 0.1) is 0 Å². The molecule has 1 atom stereocenters. The van der Waals surface area contributed by atoms with Crippen molar-refractivity contribution in [3.63, 3.8) is 0 Å². The van der Waals surface area contributed by atoms with Crippen LogP contribution in [0.5, 0.6) is 0 Å². The number of carbonyl (C=O) groups is 2. The van der Waals surface area contributed by atoms with Gasteiger partial charge in [-0.3, -0.25) is 19.4 Å². The molecule has 2 amide bonds. The molecule has 0 aliphatic carbocycles. The Kier molecular flexibility index (Phi) is 6.60. The number of carbonyl (C=O) groups excluding carboxylic acids is 2. The lowest BCUT2D eigenvalue weighted by Crippen LogP contribution is -2.54. The van der Waals surface area contributed by atoms with E-state index in [4.69, 9.17) is 4.74 Å². The molecule has 2 aliphatic rings. The lowest BCUT2D eigenvalue weighted by atomic mass is 10.1. The van der Waals surface area contributed by atoms with Crippen molar-refractivity contribution in [3.05, 3.63) is 48.2 Å². The minimum atomic E-state index is -0.245. The maximum absolute atomic E-state index is 13.7. The summed E-state index contributed by atoms with van der Waals surface area (Å²) < 4.78 is 5.72. The summed E-state index contributed by atoms with van der Waals surface area (Å²) in [4.78, 5) is 37.0. The quantitative estimate of drug-likeness (QED) is 0.769. The van der Waals surface area contributed by atoms with E-state index in [1.165, 1.54) is 0 Å². The maximum atomic E-state index is 13.7. The van der Waals surface area contributed by atoms with E-state index < -0.39 is 0 Å². The maximum Gasteiger partial charge on any atom is 0.257 e. The van der Waals surface area contributed by atoms with E-state index in [2.05, 4.69) is 33.9 Å². The number of morpholine rings is 1. The molecule has 31 heavy (non-hydrogen) atoms. The molecule has 0 saturated carbocycles. The minimum absolute atomic E-state index is 0.115. The smallest absolute Gasteiger partial charge is 0.257 e. The van der Waals surface area contributed by atoms with Crippen LogP contribution in [0.1, 0.15) is 24.2 Å². The van der Waals surface area contributed by atoms with Crippen LogP contribution in [0.25, 0.3) is 0 Å². The monoisotopic (exact) mass is 423 g/mol. The molecular weight excluding hydrogens is 394 g/mol. The topological polar surface area (TPSA) is 78.0 Å². The van der Waals surface area contributed by atoms with E-state index in [-0.39, 0.29) is 24.4 Å². The van der Waals surface area contributed by atoms with Crippen LogP contribution in [-0.2, 0) is 9.53 Å². The summed E-state index contributed by atoms with van der Waals surface area (Å²) in [6.45, 7) is 9.19. The Balaban J connectivity index is 1.64. The van der Waals surface area contributed by atoms with Crippen LogP contribution in [0.3, 0.4) is 0 Å². The molecule has 2 aromatic rings. The number of likely N-dealkylation sites (N-methyl/N-ethyl adjacent to an activating group) is 1. The summed E-state index contributed by atoms with van der Waals surface area (Å²) in [5.74, 6) is 0.0839. The summed E-state index contributed by atoms with van der Waals surface area (Å²) in [5, 5.41) is 2.88. The normalized spacial score (nSPS) is 18.9. The molecule has 0 spiro atoms. The summed E-state index contributed by atoms with van der Waals surface area (Å²) in [5.41, 5.74) is 1.53. The number of nitrogens with one attached hydrogen (secondary N) is 1. The third-order valence-electron chi connectivity index (χ3n) is 5.94. The fraction of sp³-hybridized carbons (Fsp3) is 0.435. The Morgan fingerprint density at radius 2 is 2.03 bits per heavy atom. The molecule has 0 bridgehead atoms. The first-order chi connectivity index (χ1) is 15.1. The zero-order valence-corrected chi connectivity index (χ0v) is 18.1. The lowest BCUT2D eigenvalue weighted by molar-refractivity contribution is -0.121. The van der Waals surface area contributed by atoms with Gasteiger partial charge in [0.05, 0.1) is 36.7 Å². The van der Waals surface area contributed by atoms with Crippen LogP contribution in [-0.4, -0.2) is 78.6 Å². The first-order valence-electron chi connectivity index (χ1n) is 10.8. The van der Waals surface area contributed by atoms with E-state index in [0.717, 1.165) is 19.6 Å². The number of para-hydroxylation sites is 1. The zero-order valence-electron chi connectivity index (χ0n) is 18.1. The predicted molar refractivity (Wildman–Crippen MR) is 120 cm³/mol. The highest BCUT2D eigenvalue weighted by molar-refractivity contribution is 6.17. The van der Waals surface area contributed by atoms with Gasteiger partial charge >= 0.3 is 0 Å². The highest BCUT2D eigenvalue weighted by Gasteiger charge is 2.33. The minimum Gasteiger partial charge on any atom is -0.378 e. The van der Waals surface area contributed by atoms with Crippen molar-refractivity contribution in [2.75, 3.05) is 56.2 Å². The average molecular weight is 424 g/mol. The van der Waals surface area contributed by atoms with Gasteiger partial charge in [-0.25, -0.2) is 4.98 Å². The number of pyridine rings is 1. The molecule has 1 unspecified atom stereocenters.